The Kier molecular flexibility index (Phi) is 4.34. The molecule has 1 N–H and O–H groups in total. The highest BCUT2D eigenvalue weighted by molar-refractivity contribution is 7.14. The summed E-state index contributed by atoms with van der Waals surface area (Å²) < 4.78 is 5.52. The summed E-state index contributed by atoms with van der Waals surface area (Å²) in [7, 11) is 0. The topological polar surface area (TPSA) is 55.1 Å². The fraction of sp³-hybridized carbons (Fsp3) is 0.176. The van der Waals surface area contributed by atoms with Crippen LogP contribution in [0.1, 0.15) is 17.7 Å². The van der Waals surface area contributed by atoms with Crippen molar-refractivity contribution in [2.75, 3.05) is 5.32 Å². The molecule has 3 rings (SSSR count). The number of aromatic nitrogens is 1. The molecule has 0 radical (unpaired) electrons. The minimum absolute atomic E-state index is 0.0274. The van der Waals surface area contributed by atoms with Gasteiger partial charge < -0.3 is 9.73 Å². The van der Waals surface area contributed by atoms with E-state index in [1.807, 2.05) is 54.8 Å². The largest absolute Gasteiger partial charge is 0.460 e. The van der Waals surface area contributed by atoms with Crippen LogP contribution in [0.5, 0.6) is 0 Å². The summed E-state index contributed by atoms with van der Waals surface area (Å²) in [5.41, 5.74) is 1.90. The molecule has 0 unspecified atom stereocenters. The van der Waals surface area contributed by atoms with Crippen molar-refractivity contribution in [3.05, 3.63) is 59.2 Å². The van der Waals surface area contributed by atoms with E-state index in [2.05, 4.69) is 10.3 Å². The van der Waals surface area contributed by atoms with E-state index in [0.29, 0.717) is 11.6 Å². The Morgan fingerprint density at radius 3 is 2.77 bits per heavy atom. The molecule has 0 bridgehead atoms. The molecule has 2 heterocycles. The third-order valence-corrected chi connectivity index (χ3v) is 3.98. The van der Waals surface area contributed by atoms with Crippen LogP contribution in [0.3, 0.4) is 0 Å². The molecule has 0 aliphatic rings. The molecule has 0 aliphatic carbocycles. The molecule has 0 fully saturated rings. The van der Waals surface area contributed by atoms with Gasteiger partial charge in [0.1, 0.15) is 11.5 Å². The van der Waals surface area contributed by atoms with Crippen LogP contribution in [0, 0.1) is 6.92 Å². The molecule has 112 valence electrons. The lowest BCUT2D eigenvalue weighted by molar-refractivity contribution is -0.116. The predicted molar refractivity (Wildman–Crippen MR) is 87.9 cm³/mol. The zero-order valence-corrected chi connectivity index (χ0v) is 13.0. The SMILES string of the molecule is Cc1ccc(-c2csc(NC(=O)CCc3ccccc3)n2)o1. The maximum Gasteiger partial charge on any atom is 0.226 e. The molecule has 1 aromatic carbocycles. The van der Waals surface area contributed by atoms with Crippen molar-refractivity contribution in [2.24, 2.45) is 0 Å². The molecule has 0 spiro atoms. The van der Waals surface area contributed by atoms with Crippen LogP contribution in [-0.2, 0) is 11.2 Å². The second kappa shape index (κ2) is 6.58. The number of hydrogen-bond donors (Lipinski definition) is 1. The smallest absolute Gasteiger partial charge is 0.226 e. The summed E-state index contributed by atoms with van der Waals surface area (Å²) in [6, 6.07) is 13.7. The van der Waals surface area contributed by atoms with Crippen LogP contribution in [-0.4, -0.2) is 10.9 Å². The maximum absolute atomic E-state index is 12.0. The lowest BCUT2D eigenvalue weighted by Crippen LogP contribution is -2.12. The van der Waals surface area contributed by atoms with Crippen molar-refractivity contribution in [1.29, 1.82) is 0 Å². The molecule has 0 saturated carbocycles. The molecule has 3 aromatic rings. The maximum atomic E-state index is 12.0. The summed E-state index contributed by atoms with van der Waals surface area (Å²) in [5.74, 6) is 1.54. The first-order chi connectivity index (χ1) is 10.7. The number of nitrogens with zero attached hydrogens (tertiary/aromatic N) is 1. The predicted octanol–water partition coefficient (Wildman–Crippen LogP) is 4.28. The summed E-state index contributed by atoms with van der Waals surface area (Å²) in [6.07, 6.45) is 1.17. The average molecular weight is 312 g/mol. The van der Waals surface area contributed by atoms with E-state index in [1.165, 1.54) is 11.3 Å². The van der Waals surface area contributed by atoms with E-state index in [-0.39, 0.29) is 5.91 Å². The first kappa shape index (κ1) is 14.5. The van der Waals surface area contributed by atoms with Crippen molar-refractivity contribution in [3.63, 3.8) is 0 Å². The Balaban J connectivity index is 1.57. The zero-order valence-electron chi connectivity index (χ0n) is 12.2. The lowest BCUT2D eigenvalue weighted by atomic mass is 10.1. The minimum atomic E-state index is -0.0274. The second-order valence-electron chi connectivity index (χ2n) is 4.98. The van der Waals surface area contributed by atoms with Crippen molar-refractivity contribution < 1.29 is 9.21 Å². The Bertz CT molecular complexity index is 762. The third-order valence-electron chi connectivity index (χ3n) is 3.23. The van der Waals surface area contributed by atoms with Crippen molar-refractivity contribution in [3.8, 4) is 11.5 Å². The zero-order chi connectivity index (χ0) is 15.4. The summed E-state index contributed by atoms with van der Waals surface area (Å²) >= 11 is 1.40. The number of aryl methyl sites for hydroxylation is 2. The van der Waals surface area contributed by atoms with Crippen LogP contribution in [0.15, 0.2) is 52.3 Å². The first-order valence-electron chi connectivity index (χ1n) is 7.07. The third kappa shape index (κ3) is 3.62. The highest BCUT2D eigenvalue weighted by Crippen LogP contribution is 2.26. The van der Waals surface area contributed by atoms with Gasteiger partial charge in [0.15, 0.2) is 10.9 Å². The molecule has 5 heteroatoms. The number of nitrogens with one attached hydrogen (secondary N) is 1. The standard InChI is InChI=1S/C17H16N2O2S/c1-12-7-9-15(21-12)14-11-22-17(18-14)19-16(20)10-8-13-5-3-2-4-6-13/h2-7,9,11H,8,10H2,1H3,(H,18,19,20). The highest BCUT2D eigenvalue weighted by Gasteiger charge is 2.10. The molecular weight excluding hydrogens is 296 g/mol. The number of thiazole rings is 1. The molecule has 1 amide bonds. The number of carbonyl (C=O) groups excluding carboxylic acids is 1. The Morgan fingerprint density at radius 1 is 1.23 bits per heavy atom. The summed E-state index contributed by atoms with van der Waals surface area (Å²) in [5, 5.41) is 5.32. The van der Waals surface area contributed by atoms with E-state index in [1.54, 1.807) is 0 Å². The van der Waals surface area contributed by atoms with Gasteiger partial charge in [0.2, 0.25) is 5.91 Å². The van der Waals surface area contributed by atoms with Gasteiger partial charge in [-0.3, -0.25) is 4.79 Å². The molecule has 0 atom stereocenters. The Morgan fingerprint density at radius 2 is 2.05 bits per heavy atom. The van der Waals surface area contributed by atoms with Gasteiger partial charge in [-0.05, 0) is 31.0 Å². The van der Waals surface area contributed by atoms with Gasteiger partial charge >= 0.3 is 0 Å². The normalized spacial score (nSPS) is 10.6. The molecule has 2 aromatic heterocycles. The van der Waals surface area contributed by atoms with Crippen LogP contribution < -0.4 is 5.32 Å². The summed E-state index contributed by atoms with van der Waals surface area (Å²) in [4.78, 5) is 16.3. The van der Waals surface area contributed by atoms with E-state index in [9.17, 15) is 4.79 Å². The van der Waals surface area contributed by atoms with E-state index >= 15 is 0 Å². The van der Waals surface area contributed by atoms with E-state index < -0.39 is 0 Å². The molecular formula is C17H16N2O2S. The molecule has 0 saturated heterocycles. The molecule has 4 nitrogen and oxygen atoms in total. The highest BCUT2D eigenvalue weighted by atomic mass is 32.1. The van der Waals surface area contributed by atoms with Gasteiger partial charge in [0, 0.05) is 11.8 Å². The quantitative estimate of drug-likeness (QED) is 0.765. The number of carbonyl (C=O) groups is 1. The minimum Gasteiger partial charge on any atom is -0.460 e. The number of hydrogen-bond acceptors (Lipinski definition) is 4. The number of furan rings is 1. The van der Waals surface area contributed by atoms with Crippen molar-refractivity contribution in [1.82, 2.24) is 4.98 Å². The average Bonchev–Trinajstić information content (AvgIpc) is 3.15. The number of benzene rings is 1. The number of amides is 1. The molecule has 22 heavy (non-hydrogen) atoms. The van der Waals surface area contributed by atoms with Gasteiger partial charge in [-0.1, -0.05) is 30.3 Å². The van der Waals surface area contributed by atoms with Crippen LogP contribution >= 0.6 is 11.3 Å². The van der Waals surface area contributed by atoms with Gasteiger partial charge in [-0.15, -0.1) is 11.3 Å². The fourth-order valence-electron chi connectivity index (χ4n) is 2.10. The van der Waals surface area contributed by atoms with Gasteiger partial charge in [-0.25, -0.2) is 4.98 Å². The van der Waals surface area contributed by atoms with Crippen LogP contribution in [0.25, 0.3) is 11.5 Å². The van der Waals surface area contributed by atoms with E-state index in [4.69, 9.17) is 4.42 Å². The van der Waals surface area contributed by atoms with Crippen molar-refractivity contribution in [2.45, 2.75) is 19.8 Å². The van der Waals surface area contributed by atoms with E-state index in [0.717, 1.165) is 29.2 Å². The number of anilines is 1. The summed E-state index contributed by atoms with van der Waals surface area (Å²) in [6.45, 7) is 1.89. The Hall–Kier alpha value is -2.40. The van der Waals surface area contributed by atoms with Gasteiger partial charge in [0.25, 0.3) is 0 Å². The van der Waals surface area contributed by atoms with Gasteiger partial charge in [-0.2, -0.15) is 0 Å². The number of rotatable bonds is 5. The Labute approximate surface area is 132 Å². The van der Waals surface area contributed by atoms with Crippen LogP contribution in [0.2, 0.25) is 0 Å². The second-order valence-corrected chi connectivity index (χ2v) is 5.84. The molecule has 0 aliphatic heterocycles. The lowest BCUT2D eigenvalue weighted by Gasteiger charge is -2.02. The fourth-order valence-corrected chi connectivity index (χ4v) is 2.82. The van der Waals surface area contributed by atoms with Crippen LogP contribution in [0.4, 0.5) is 5.13 Å². The first-order valence-corrected chi connectivity index (χ1v) is 7.95. The van der Waals surface area contributed by atoms with Crippen molar-refractivity contribution >= 4 is 22.4 Å². The van der Waals surface area contributed by atoms with Gasteiger partial charge in [0.05, 0.1) is 0 Å². The monoisotopic (exact) mass is 312 g/mol.